The molecule has 1 aromatic heterocycles. The number of hydrogen-bond donors (Lipinski definition) is 1. The van der Waals surface area contributed by atoms with E-state index in [1.807, 2.05) is 27.7 Å². The molecule has 0 radical (unpaired) electrons. The summed E-state index contributed by atoms with van der Waals surface area (Å²) < 4.78 is 16.3. The molecule has 1 heterocycles. The van der Waals surface area contributed by atoms with Crippen LogP contribution < -0.4 is 5.32 Å². The summed E-state index contributed by atoms with van der Waals surface area (Å²) in [7, 11) is 0. The van der Waals surface area contributed by atoms with Crippen LogP contribution in [0.5, 0.6) is 0 Å². The normalized spacial score (nSPS) is 13.2. The molecule has 1 aromatic rings. The van der Waals surface area contributed by atoms with E-state index in [9.17, 15) is 0 Å². The Balaban J connectivity index is 2.37. The Hall–Kier alpha value is -0.910. The summed E-state index contributed by atoms with van der Waals surface area (Å²) in [4.78, 5) is 4.17. The average Bonchev–Trinajstić information content (AvgIpc) is 2.73. The zero-order valence-electron chi connectivity index (χ0n) is 11.0. The van der Waals surface area contributed by atoms with Gasteiger partial charge in [0.25, 0.3) is 0 Å². The lowest BCUT2D eigenvalue weighted by Gasteiger charge is -2.19. The average molecular weight is 242 g/mol. The van der Waals surface area contributed by atoms with Crippen molar-refractivity contribution in [3.63, 3.8) is 0 Å². The molecule has 0 saturated carbocycles. The second kappa shape index (κ2) is 7.42. The molecule has 1 unspecified atom stereocenters. The predicted molar refractivity (Wildman–Crippen MR) is 64.7 cm³/mol. The van der Waals surface area contributed by atoms with Gasteiger partial charge in [0.15, 0.2) is 6.29 Å². The first-order valence-corrected chi connectivity index (χ1v) is 6.06. The van der Waals surface area contributed by atoms with Crippen molar-refractivity contribution in [1.82, 2.24) is 10.3 Å². The molecule has 5 nitrogen and oxygen atoms in total. The lowest BCUT2D eigenvalue weighted by atomic mass is 10.3. The molecule has 98 valence electrons. The number of rotatable bonds is 8. The van der Waals surface area contributed by atoms with Crippen LogP contribution in [0.15, 0.2) is 10.6 Å². The van der Waals surface area contributed by atoms with Crippen LogP contribution in [0.1, 0.15) is 38.5 Å². The zero-order valence-corrected chi connectivity index (χ0v) is 11.0. The van der Waals surface area contributed by atoms with Crippen LogP contribution in [0.25, 0.3) is 0 Å². The molecule has 0 aliphatic heterocycles. The largest absolute Gasteiger partial charge is 0.444 e. The minimum Gasteiger partial charge on any atom is -0.444 e. The maximum Gasteiger partial charge on any atom is 0.211 e. The van der Waals surface area contributed by atoms with E-state index in [4.69, 9.17) is 13.9 Å². The van der Waals surface area contributed by atoms with E-state index in [1.165, 1.54) is 0 Å². The van der Waals surface area contributed by atoms with Crippen LogP contribution >= 0.6 is 0 Å². The van der Waals surface area contributed by atoms with Crippen molar-refractivity contribution in [1.29, 1.82) is 0 Å². The van der Waals surface area contributed by atoms with Crippen LogP contribution in [0, 0.1) is 6.92 Å². The van der Waals surface area contributed by atoms with Gasteiger partial charge in [-0.3, -0.25) is 0 Å². The van der Waals surface area contributed by atoms with Crippen LogP contribution in [0.3, 0.4) is 0 Å². The second-order valence-electron chi connectivity index (χ2n) is 3.78. The summed E-state index contributed by atoms with van der Waals surface area (Å²) in [6.45, 7) is 9.67. The van der Waals surface area contributed by atoms with E-state index >= 15 is 0 Å². The van der Waals surface area contributed by atoms with Crippen LogP contribution in [0.4, 0.5) is 0 Å². The lowest BCUT2D eigenvalue weighted by molar-refractivity contribution is -0.133. The molecule has 17 heavy (non-hydrogen) atoms. The van der Waals surface area contributed by atoms with Crippen LogP contribution in [-0.2, 0) is 9.47 Å². The highest BCUT2D eigenvalue weighted by Gasteiger charge is 2.14. The van der Waals surface area contributed by atoms with E-state index in [2.05, 4.69) is 10.3 Å². The van der Waals surface area contributed by atoms with Gasteiger partial charge in [0, 0.05) is 19.8 Å². The maximum atomic E-state index is 5.44. The summed E-state index contributed by atoms with van der Waals surface area (Å²) >= 11 is 0. The number of ether oxygens (including phenoxy) is 2. The molecular weight excluding hydrogens is 220 g/mol. The Bertz CT molecular complexity index is 308. The van der Waals surface area contributed by atoms with Gasteiger partial charge in [0.05, 0.1) is 12.2 Å². The van der Waals surface area contributed by atoms with Crippen LogP contribution in [-0.4, -0.2) is 31.0 Å². The van der Waals surface area contributed by atoms with Gasteiger partial charge in [-0.25, -0.2) is 4.98 Å². The molecule has 0 saturated heterocycles. The van der Waals surface area contributed by atoms with Crippen molar-refractivity contribution >= 4 is 0 Å². The number of aromatic nitrogens is 1. The lowest BCUT2D eigenvalue weighted by Crippen LogP contribution is -2.33. The molecule has 0 aliphatic rings. The highest BCUT2D eigenvalue weighted by molar-refractivity contribution is 4.94. The second-order valence-corrected chi connectivity index (χ2v) is 3.78. The summed E-state index contributed by atoms with van der Waals surface area (Å²) in [6.07, 6.45) is 1.50. The van der Waals surface area contributed by atoms with Crippen molar-refractivity contribution < 1.29 is 13.9 Å². The van der Waals surface area contributed by atoms with Crippen LogP contribution in [0.2, 0.25) is 0 Å². The predicted octanol–water partition coefficient (Wildman–Crippen LogP) is 2.03. The highest BCUT2D eigenvalue weighted by atomic mass is 16.7. The number of oxazole rings is 1. The number of hydrogen-bond acceptors (Lipinski definition) is 5. The van der Waals surface area contributed by atoms with E-state index in [0.717, 1.165) is 5.76 Å². The minimum atomic E-state index is -0.219. The van der Waals surface area contributed by atoms with Crippen molar-refractivity contribution in [3.05, 3.63) is 17.8 Å². The number of aryl methyl sites for hydroxylation is 1. The zero-order chi connectivity index (χ0) is 12.7. The molecule has 0 bridgehead atoms. The first kappa shape index (κ1) is 14.2. The number of nitrogens with zero attached hydrogens (tertiary/aromatic N) is 1. The molecule has 1 atom stereocenters. The highest BCUT2D eigenvalue weighted by Crippen LogP contribution is 2.11. The summed E-state index contributed by atoms with van der Waals surface area (Å²) in [5.41, 5.74) is 0. The Kier molecular flexibility index (Phi) is 6.18. The third-order valence-corrected chi connectivity index (χ3v) is 2.31. The van der Waals surface area contributed by atoms with Crippen molar-refractivity contribution in [2.45, 2.75) is 40.0 Å². The van der Waals surface area contributed by atoms with E-state index in [-0.39, 0.29) is 12.3 Å². The van der Waals surface area contributed by atoms with Crippen molar-refractivity contribution in [2.75, 3.05) is 19.8 Å². The molecular formula is C12H22N2O3. The van der Waals surface area contributed by atoms with Crippen molar-refractivity contribution in [3.8, 4) is 0 Å². The Morgan fingerprint density at radius 2 is 2.00 bits per heavy atom. The quantitative estimate of drug-likeness (QED) is 0.707. The summed E-state index contributed by atoms with van der Waals surface area (Å²) in [6, 6.07) is 0.0483. The minimum absolute atomic E-state index is 0.0483. The topological polar surface area (TPSA) is 56.5 Å². The van der Waals surface area contributed by atoms with Gasteiger partial charge in [0.1, 0.15) is 5.76 Å². The standard InChI is InChI=1S/C12H22N2O3/c1-5-15-11(16-6-2)8-13-10(4)12-14-7-9(3)17-12/h7,10-11,13H,5-6,8H2,1-4H3. The molecule has 1 N–H and O–H groups in total. The third kappa shape index (κ3) is 4.85. The smallest absolute Gasteiger partial charge is 0.211 e. The molecule has 0 fully saturated rings. The fourth-order valence-electron chi connectivity index (χ4n) is 1.47. The Morgan fingerprint density at radius 1 is 1.35 bits per heavy atom. The maximum absolute atomic E-state index is 5.44. The molecule has 0 spiro atoms. The van der Waals surface area contributed by atoms with Gasteiger partial charge in [0.2, 0.25) is 5.89 Å². The molecule has 0 aliphatic carbocycles. The molecule has 0 amide bonds. The van der Waals surface area contributed by atoms with Gasteiger partial charge in [-0.1, -0.05) is 0 Å². The Labute approximate surface area is 103 Å². The van der Waals surface area contributed by atoms with E-state index in [1.54, 1.807) is 6.20 Å². The fraction of sp³-hybridized carbons (Fsp3) is 0.750. The SMILES string of the molecule is CCOC(CNC(C)c1ncc(C)o1)OCC. The molecule has 1 rings (SSSR count). The molecule has 0 aromatic carbocycles. The van der Waals surface area contributed by atoms with Gasteiger partial charge >= 0.3 is 0 Å². The summed E-state index contributed by atoms with van der Waals surface area (Å²) in [5, 5.41) is 3.28. The van der Waals surface area contributed by atoms with E-state index < -0.39 is 0 Å². The van der Waals surface area contributed by atoms with Crippen molar-refractivity contribution in [2.24, 2.45) is 0 Å². The third-order valence-electron chi connectivity index (χ3n) is 2.31. The van der Waals surface area contributed by atoms with Gasteiger partial charge in [-0.15, -0.1) is 0 Å². The Morgan fingerprint density at radius 3 is 2.47 bits per heavy atom. The van der Waals surface area contributed by atoms with Gasteiger partial charge in [-0.05, 0) is 27.7 Å². The monoisotopic (exact) mass is 242 g/mol. The van der Waals surface area contributed by atoms with E-state index in [0.29, 0.717) is 25.6 Å². The fourth-order valence-corrected chi connectivity index (χ4v) is 1.47. The first-order chi connectivity index (χ1) is 8.17. The van der Waals surface area contributed by atoms with Gasteiger partial charge < -0.3 is 19.2 Å². The van der Waals surface area contributed by atoms with Gasteiger partial charge in [-0.2, -0.15) is 0 Å². The first-order valence-electron chi connectivity index (χ1n) is 6.06. The number of nitrogens with one attached hydrogen (secondary N) is 1. The summed E-state index contributed by atoms with van der Waals surface area (Å²) in [5.74, 6) is 1.51. The molecule has 5 heteroatoms.